The number of allylic oxidation sites excluding steroid dienone is 2. The van der Waals surface area contributed by atoms with E-state index in [-0.39, 0.29) is 5.78 Å². The summed E-state index contributed by atoms with van der Waals surface area (Å²) in [5.41, 5.74) is 1.24. The Labute approximate surface area is 85.6 Å². The second kappa shape index (κ2) is 4.09. The normalized spacial score (nSPS) is 19.1. The van der Waals surface area contributed by atoms with Crippen molar-refractivity contribution >= 4 is 5.78 Å². The molecule has 0 aliphatic heterocycles. The summed E-state index contributed by atoms with van der Waals surface area (Å²) in [6.07, 6.45) is 5.37. The Morgan fingerprint density at radius 1 is 1.36 bits per heavy atom. The van der Waals surface area contributed by atoms with Gasteiger partial charge in [-0.25, -0.2) is 0 Å². The van der Waals surface area contributed by atoms with Crippen LogP contribution in [-0.2, 0) is 9.53 Å². The lowest BCUT2D eigenvalue weighted by molar-refractivity contribution is -0.133. The van der Waals surface area contributed by atoms with E-state index in [0.29, 0.717) is 6.42 Å². The molecular weight excluding hydrogens is 176 g/mol. The van der Waals surface area contributed by atoms with Crippen molar-refractivity contribution in [1.29, 1.82) is 0 Å². The lowest BCUT2D eigenvalue weighted by Gasteiger charge is -2.30. The molecule has 2 nitrogen and oxygen atoms in total. The molecule has 0 aromatic heterocycles. The molecule has 0 amide bonds. The molecule has 14 heavy (non-hydrogen) atoms. The summed E-state index contributed by atoms with van der Waals surface area (Å²) in [5.74, 6) is 0.169. The molecule has 0 saturated carbocycles. The van der Waals surface area contributed by atoms with Gasteiger partial charge in [0, 0.05) is 13.5 Å². The van der Waals surface area contributed by atoms with Crippen molar-refractivity contribution < 1.29 is 9.53 Å². The summed E-state index contributed by atoms with van der Waals surface area (Å²) >= 11 is 0. The molecule has 0 unspecified atom stereocenters. The number of Topliss-reactive ketones (excluding diaryl/α,β-unsaturated/α-hetero) is 1. The van der Waals surface area contributed by atoms with Crippen LogP contribution >= 0.6 is 0 Å². The summed E-state index contributed by atoms with van der Waals surface area (Å²) in [6, 6.07) is 0. The zero-order valence-corrected chi connectivity index (χ0v) is 9.39. The zero-order valence-electron chi connectivity index (χ0n) is 9.39. The maximum absolute atomic E-state index is 12.0. The fourth-order valence-corrected chi connectivity index (χ4v) is 2.07. The Hall–Kier alpha value is -0.890. The van der Waals surface area contributed by atoms with E-state index in [0.717, 1.165) is 17.6 Å². The summed E-state index contributed by atoms with van der Waals surface area (Å²) in [4.78, 5) is 12.0. The largest absolute Gasteiger partial charge is 0.362 e. The van der Waals surface area contributed by atoms with E-state index in [1.54, 1.807) is 7.11 Å². The number of rotatable bonds is 4. The number of ketones is 1. The Balaban J connectivity index is 3.03. The van der Waals surface area contributed by atoms with Gasteiger partial charge in [-0.05, 0) is 31.4 Å². The topological polar surface area (TPSA) is 26.3 Å². The highest BCUT2D eigenvalue weighted by molar-refractivity contribution is 5.95. The quantitative estimate of drug-likeness (QED) is 0.687. The summed E-state index contributed by atoms with van der Waals surface area (Å²) < 4.78 is 5.45. The summed E-state index contributed by atoms with van der Waals surface area (Å²) in [7, 11) is 1.60. The first-order chi connectivity index (χ1) is 6.59. The van der Waals surface area contributed by atoms with E-state index in [1.165, 1.54) is 0 Å². The molecule has 0 heterocycles. The van der Waals surface area contributed by atoms with Crippen LogP contribution < -0.4 is 0 Å². The molecule has 0 radical (unpaired) electrons. The van der Waals surface area contributed by atoms with Crippen molar-refractivity contribution in [1.82, 2.24) is 0 Å². The van der Waals surface area contributed by atoms with E-state index < -0.39 is 5.60 Å². The highest BCUT2D eigenvalue weighted by Crippen LogP contribution is 2.36. The molecular formula is C12H18O2. The average molecular weight is 194 g/mol. The van der Waals surface area contributed by atoms with Crippen LogP contribution in [0.5, 0.6) is 0 Å². The Bertz CT molecular complexity index is 279. The Kier molecular flexibility index (Phi) is 3.27. The van der Waals surface area contributed by atoms with Crippen LogP contribution in [0.1, 0.15) is 33.6 Å². The minimum Gasteiger partial charge on any atom is -0.362 e. The molecule has 0 fully saturated rings. The molecule has 0 aromatic carbocycles. The van der Waals surface area contributed by atoms with Crippen LogP contribution in [0.15, 0.2) is 23.3 Å². The van der Waals surface area contributed by atoms with Crippen LogP contribution in [0.4, 0.5) is 0 Å². The minimum atomic E-state index is -0.754. The smallest absolute Gasteiger partial charge is 0.173 e. The predicted molar refractivity (Wildman–Crippen MR) is 57.2 cm³/mol. The average Bonchev–Trinajstić information content (AvgIpc) is 2.44. The molecule has 2 heteroatoms. The van der Waals surface area contributed by atoms with E-state index in [4.69, 9.17) is 4.74 Å². The van der Waals surface area contributed by atoms with Crippen LogP contribution in [0.25, 0.3) is 0 Å². The van der Waals surface area contributed by atoms with E-state index in [1.807, 2.05) is 32.9 Å². The maximum atomic E-state index is 12.0. The van der Waals surface area contributed by atoms with Gasteiger partial charge in [0.2, 0.25) is 0 Å². The monoisotopic (exact) mass is 194 g/mol. The van der Waals surface area contributed by atoms with Crippen molar-refractivity contribution in [3.8, 4) is 0 Å². The van der Waals surface area contributed by atoms with Gasteiger partial charge in [0.1, 0.15) is 0 Å². The van der Waals surface area contributed by atoms with Crippen molar-refractivity contribution in [3.05, 3.63) is 23.3 Å². The molecule has 0 saturated heterocycles. The van der Waals surface area contributed by atoms with Gasteiger partial charge in [-0.2, -0.15) is 0 Å². The SMILES string of the molecule is CCCC(=O)C1(OC)C(C)=CC=C1C. The van der Waals surface area contributed by atoms with Crippen LogP contribution in [0, 0.1) is 0 Å². The molecule has 0 N–H and O–H groups in total. The van der Waals surface area contributed by atoms with Gasteiger partial charge in [0.25, 0.3) is 0 Å². The van der Waals surface area contributed by atoms with Gasteiger partial charge in [-0.3, -0.25) is 4.79 Å². The molecule has 78 valence electrons. The van der Waals surface area contributed by atoms with Gasteiger partial charge in [-0.15, -0.1) is 0 Å². The first-order valence-corrected chi connectivity index (χ1v) is 5.04. The molecule has 0 bridgehead atoms. The highest BCUT2D eigenvalue weighted by Gasteiger charge is 2.42. The number of hydrogen-bond acceptors (Lipinski definition) is 2. The van der Waals surface area contributed by atoms with Crippen LogP contribution in [0.3, 0.4) is 0 Å². The van der Waals surface area contributed by atoms with Gasteiger partial charge >= 0.3 is 0 Å². The van der Waals surface area contributed by atoms with E-state index in [9.17, 15) is 4.79 Å². The predicted octanol–water partition coefficient (Wildman–Crippen LogP) is 2.65. The third-order valence-electron chi connectivity index (χ3n) is 2.87. The zero-order chi connectivity index (χ0) is 10.8. The second-order valence-electron chi connectivity index (χ2n) is 3.76. The molecule has 1 aliphatic carbocycles. The van der Waals surface area contributed by atoms with Gasteiger partial charge < -0.3 is 4.74 Å². The Morgan fingerprint density at radius 3 is 2.21 bits per heavy atom. The lowest BCUT2D eigenvalue weighted by Crippen LogP contribution is -2.41. The van der Waals surface area contributed by atoms with E-state index in [2.05, 4.69) is 0 Å². The standard InChI is InChI=1S/C12H18O2/c1-5-6-11(13)12(14-4)9(2)7-8-10(12)3/h7-8H,5-6H2,1-4H3. The third-order valence-corrected chi connectivity index (χ3v) is 2.87. The second-order valence-corrected chi connectivity index (χ2v) is 3.76. The number of hydrogen-bond donors (Lipinski definition) is 0. The maximum Gasteiger partial charge on any atom is 0.173 e. The fraction of sp³-hybridized carbons (Fsp3) is 0.583. The summed E-state index contributed by atoms with van der Waals surface area (Å²) in [5, 5.41) is 0. The molecule has 1 rings (SSSR count). The van der Waals surface area contributed by atoms with Gasteiger partial charge in [-0.1, -0.05) is 19.1 Å². The highest BCUT2D eigenvalue weighted by atomic mass is 16.5. The molecule has 0 atom stereocenters. The number of ether oxygens (including phenoxy) is 1. The van der Waals surface area contributed by atoms with Crippen molar-refractivity contribution in [2.45, 2.75) is 39.2 Å². The van der Waals surface area contributed by atoms with Gasteiger partial charge in [0.15, 0.2) is 11.4 Å². The van der Waals surface area contributed by atoms with E-state index >= 15 is 0 Å². The lowest BCUT2D eigenvalue weighted by atomic mass is 9.85. The van der Waals surface area contributed by atoms with Gasteiger partial charge in [0.05, 0.1) is 0 Å². The van der Waals surface area contributed by atoms with Crippen LogP contribution in [-0.4, -0.2) is 18.5 Å². The molecule has 0 spiro atoms. The first kappa shape index (κ1) is 11.2. The fourth-order valence-electron chi connectivity index (χ4n) is 2.07. The van der Waals surface area contributed by atoms with Crippen molar-refractivity contribution in [2.24, 2.45) is 0 Å². The van der Waals surface area contributed by atoms with Crippen molar-refractivity contribution in [2.75, 3.05) is 7.11 Å². The first-order valence-electron chi connectivity index (χ1n) is 5.04. The van der Waals surface area contributed by atoms with Crippen LogP contribution in [0.2, 0.25) is 0 Å². The third kappa shape index (κ3) is 1.44. The number of carbonyl (C=O) groups is 1. The number of carbonyl (C=O) groups excluding carboxylic acids is 1. The molecule has 1 aliphatic rings. The summed E-state index contributed by atoms with van der Waals surface area (Å²) in [6.45, 7) is 5.91. The van der Waals surface area contributed by atoms with Crippen molar-refractivity contribution in [3.63, 3.8) is 0 Å². The minimum absolute atomic E-state index is 0.169. The number of methoxy groups -OCH3 is 1. The molecule has 0 aromatic rings. The Morgan fingerprint density at radius 2 is 1.86 bits per heavy atom.